The van der Waals surface area contributed by atoms with Gasteiger partial charge in [0.15, 0.2) is 20.8 Å². The Balaban J connectivity index is 1.68. The van der Waals surface area contributed by atoms with Gasteiger partial charge in [0.25, 0.3) is 0 Å². The van der Waals surface area contributed by atoms with E-state index in [1.807, 2.05) is 41.8 Å². The van der Waals surface area contributed by atoms with Crippen LogP contribution in [0.3, 0.4) is 0 Å². The molecule has 1 aromatic carbocycles. The van der Waals surface area contributed by atoms with Crippen molar-refractivity contribution < 1.29 is 13.2 Å². The molecule has 1 fully saturated rings. The average Bonchev–Trinajstić information content (AvgIpc) is 3.17. The van der Waals surface area contributed by atoms with Gasteiger partial charge in [-0.15, -0.1) is 10.2 Å². The lowest BCUT2D eigenvalue weighted by molar-refractivity contribution is -0.120. The summed E-state index contributed by atoms with van der Waals surface area (Å²) in [7, 11) is -3.01. The van der Waals surface area contributed by atoms with E-state index < -0.39 is 15.1 Å². The van der Waals surface area contributed by atoms with Crippen molar-refractivity contribution >= 4 is 27.5 Å². The molecule has 1 amide bonds. The van der Waals surface area contributed by atoms with E-state index in [1.54, 1.807) is 6.92 Å². The van der Waals surface area contributed by atoms with Crippen molar-refractivity contribution in [2.24, 2.45) is 0 Å². The number of thioether (sulfide) groups is 1. The highest BCUT2D eigenvalue weighted by Crippen LogP contribution is 2.27. The number of hydrogen-bond acceptors (Lipinski definition) is 6. The van der Waals surface area contributed by atoms with E-state index in [-0.39, 0.29) is 23.5 Å². The summed E-state index contributed by atoms with van der Waals surface area (Å²) >= 11 is 1.33. The molecule has 1 aliphatic heterocycles. The maximum absolute atomic E-state index is 12.4. The van der Waals surface area contributed by atoms with E-state index in [4.69, 9.17) is 0 Å². The number of amides is 1. The second kappa shape index (κ2) is 7.79. The molecule has 0 bridgehead atoms. The van der Waals surface area contributed by atoms with Crippen LogP contribution in [0.1, 0.15) is 20.3 Å². The van der Waals surface area contributed by atoms with Crippen LogP contribution in [0, 0.1) is 0 Å². The average molecular weight is 395 g/mol. The second-order valence-electron chi connectivity index (χ2n) is 6.29. The van der Waals surface area contributed by atoms with E-state index in [0.717, 1.165) is 11.4 Å². The zero-order valence-electron chi connectivity index (χ0n) is 14.8. The molecule has 0 radical (unpaired) electrons. The van der Waals surface area contributed by atoms with Gasteiger partial charge in [-0.2, -0.15) is 0 Å². The molecule has 9 heteroatoms. The summed E-state index contributed by atoms with van der Waals surface area (Å²) in [6.07, 6.45) is 0.481. The van der Waals surface area contributed by atoms with Crippen LogP contribution in [-0.4, -0.2) is 51.9 Å². The Morgan fingerprint density at radius 1 is 1.35 bits per heavy atom. The van der Waals surface area contributed by atoms with Crippen LogP contribution in [-0.2, 0) is 21.2 Å². The molecule has 0 spiro atoms. The summed E-state index contributed by atoms with van der Waals surface area (Å²) in [5.41, 5.74) is 0.974. The van der Waals surface area contributed by atoms with Crippen molar-refractivity contribution in [3.8, 4) is 11.4 Å². The van der Waals surface area contributed by atoms with Gasteiger partial charge < -0.3 is 9.88 Å². The minimum atomic E-state index is -3.01. The zero-order valence-corrected chi connectivity index (χ0v) is 16.4. The van der Waals surface area contributed by atoms with Gasteiger partial charge in [-0.3, -0.25) is 4.79 Å². The maximum Gasteiger partial charge on any atom is 0.233 e. The topological polar surface area (TPSA) is 94.0 Å². The number of sulfone groups is 1. The van der Waals surface area contributed by atoms with Gasteiger partial charge >= 0.3 is 0 Å². The highest BCUT2D eigenvalue weighted by atomic mass is 32.2. The Morgan fingerprint density at radius 3 is 2.69 bits per heavy atom. The largest absolute Gasteiger partial charge is 0.351 e. The maximum atomic E-state index is 12.4. The van der Waals surface area contributed by atoms with Crippen LogP contribution in [0.5, 0.6) is 0 Å². The van der Waals surface area contributed by atoms with Crippen LogP contribution in [0.15, 0.2) is 35.5 Å². The number of carbonyl (C=O) groups excluding carboxylic acids is 1. The van der Waals surface area contributed by atoms with Gasteiger partial charge in [0.05, 0.1) is 16.8 Å². The second-order valence-corrected chi connectivity index (χ2v) is 9.82. The number of nitrogens with zero attached hydrogens (tertiary/aromatic N) is 3. The summed E-state index contributed by atoms with van der Waals surface area (Å²) in [5.74, 6) is 0.762. The van der Waals surface area contributed by atoms with Gasteiger partial charge in [0.1, 0.15) is 0 Å². The lowest BCUT2D eigenvalue weighted by Crippen LogP contribution is -2.40. The SMILES string of the molecule is CCn1c(S[C@H](C)C(=O)N[C@H]2CCS(=O)(=O)C2)nnc1-c1ccccc1. The van der Waals surface area contributed by atoms with Gasteiger partial charge in [0, 0.05) is 18.2 Å². The molecule has 1 N–H and O–H groups in total. The minimum absolute atomic E-state index is 0.0272. The van der Waals surface area contributed by atoms with Crippen molar-refractivity contribution in [3.63, 3.8) is 0 Å². The van der Waals surface area contributed by atoms with E-state index in [2.05, 4.69) is 15.5 Å². The van der Waals surface area contributed by atoms with Crippen LogP contribution >= 0.6 is 11.8 Å². The van der Waals surface area contributed by atoms with Crippen LogP contribution in [0.4, 0.5) is 0 Å². The monoisotopic (exact) mass is 394 g/mol. The molecule has 2 atom stereocenters. The van der Waals surface area contributed by atoms with Crippen molar-refractivity contribution in [2.45, 2.75) is 43.3 Å². The first-order chi connectivity index (χ1) is 12.4. The number of hydrogen-bond donors (Lipinski definition) is 1. The van der Waals surface area contributed by atoms with Crippen LogP contribution in [0.25, 0.3) is 11.4 Å². The van der Waals surface area contributed by atoms with Crippen LogP contribution < -0.4 is 5.32 Å². The number of rotatable bonds is 6. The molecule has 1 saturated heterocycles. The zero-order chi connectivity index (χ0) is 18.7. The standard InChI is InChI=1S/C17H22N4O3S2/c1-3-21-15(13-7-5-4-6-8-13)19-20-17(21)25-12(2)16(22)18-14-9-10-26(23,24)11-14/h4-8,12,14H,3,9-11H2,1-2H3,(H,18,22)/t12-,14+/m1/s1. The summed E-state index contributed by atoms with van der Waals surface area (Å²) < 4.78 is 25.0. The fraction of sp³-hybridized carbons (Fsp3) is 0.471. The third kappa shape index (κ3) is 4.27. The number of benzene rings is 1. The first-order valence-corrected chi connectivity index (χ1v) is 11.3. The highest BCUT2D eigenvalue weighted by Gasteiger charge is 2.30. The first-order valence-electron chi connectivity index (χ1n) is 8.55. The lowest BCUT2D eigenvalue weighted by atomic mass is 10.2. The third-order valence-corrected chi connectivity index (χ3v) is 7.14. The predicted octanol–water partition coefficient (Wildman–Crippen LogP) is 1.75. The number of carbonyl (C=O) groups is 1. The molecular formula is C17H22N4O3S2. The molecule has 2 aromatic rings. The molecule has 1 aromatic heterocycles. The smallest absolute Gasteiger partial charge is 0.233 e. The highest BCUT2D eigenvalue weighted by molar-refractivity contribution is 8.00. The summed E-state index contributed by atoms with van der Waals surface area (Å²) in [5, 5.41) is 11.6. The molecule has 0 unspecified atom stereocenters. The van der Waals surface area contributed by atoms with Crippen LogP contribution in [0.2, 0.25) is 0 Å². The molecule has 1 aliphatic rings. The minimum Gasteiger partial charge on any atom is -0.351 e. The fourth-order valence-electron chi connectivity index (χ4n) is 2.90. The Kier molecular flexibility index (Phi) is 5.67. The fourth-order valence-corrected chi connectivity index (χ4v) is 5.50. The molecule has 0 aliphatic carbocycles. The lowest BCUT2D eigenvalue weighted by Gasteiger charge is -2.15. The molecule has 0 saturated carbocycles. The third-order valence-electron chi connectivity index (χ3n) is 4.30. The molecule has 140 valence electrons. The first kappa shape index (κ1) is 18.9. The van der Waals surface area contributed by atoms with E-state index in [1.165, 1.54) is 11.8 Å². The van der Waals surface area contributed by atoms with Crippen molar-refractivity contribution in [2.75, 3.05) is 11.5 Å². The van der Waals surface area contributed by atoms with Gasteiger partial charge in [-0.1, -0.05) is 42.1 Å². The van der Waals surface area contributed by atoms with Gasteiger partial charge in [0.2, 0.25) is 5.91 Å². The van der Waals surface area contributed by atoms with Gasteiger partial charge in [-0.25, -0.2) is 8.42 Å². The molecule has 26 heavy (non-hydrogen) atoms. The van der Waals surface area contributed by atoms with Crippen molar-refractivity contribution in [3.05, 3.63) is 30.3 Å². The predicted molar refractivity (Wildman–Crippen MR) is 102 cm³/mol. The Labute approximate surface area is 157 Å². The molecule has 2 heterocycles. The van der Waals surface area contributed by atoms with Crippen molar-refractivity contribution in [1.29, 1.82) is 0 Å². The molecule has 3 rings (SSSR count). The molecule has 7 nitrogen and oxygen atoms in total. The quantitative estimate of drug-likeness (QED) is 0.750. The summed E-state index contributed by atoms with van der Waals surface area (Å²) in [6.45, 7) is 4.49. The number of nitrogens with one attached hydrogen (secondary N) is 1. The summed E-state index contributed by atoms with van der Waals surface area (Å²) in [4.78, 5) is 12.4. The van der Waals surface area contributed by atoms with Crippen molar-refractivity contribution in [1.82, 2.24) is 20.1 Å². The van der Waals surface area contributed by atoms with Gasteiger partial charge in [-0.05, 0) is 20.3 Å². The Morgan fingerprint density at radius 2 is 2.08 bits per heavy atom. The van der Waals surface area contributed by atoms with E-state index >= 15 is 0 Å². The molecular weight excluding hydrogens is 372 g/mol. The van der Waals surface area contributed by atoms with E-state index in [0.29, 0.717) is 18.1 Å². The Bertz CT molecular complexity index is 881. The Hall–Kier alpha value is -1.87. The summed E-state index contributed by atoms with van der Waals surface area (Å²) in [6, 6.07) is 9.49. The normalized spacial score (nSPS) is 20.0. The van der Waals surface area contributed by atoms with E-state index in [9.17, 15) is 13.2 Å². The number of aromatic nitrogens is 3.